The molecule has 25 heavy (non-hydrogen) atoms. The van der Waals surface area contributed by atoms with Gasteiger partial charge in [-0.2, -0.15) is 0 Å². The summed E-state index contributed by atoms with van der Waals surface area (Å²) in [5.41, 5.74) is 0.545. The van der Waals surface area contributed by atoms with E-state index in [4.69, 9.17) is 9.15 Å². The minimum Gasteiger partial charge on any atom is -0.449 e. The molecular formula is C18H13BrFNO4. The van der Waals surface area contributed by atoms with E-state index in [9.17, 15) is 14.0 Å². The van der Waals surface area contributed by atoms with Gasteiger partial charge in [-0.25, -0.2) is 9.18 Å². The van der Waals surface area contributed by atoms with Crippen molar-refractivity contribution in [3.05, 3.63) is 64.6 Å². The SMILES string of the molecule is C[C@@H](OC(=O)c1cc2ccccc2o1)C(=O)Nc1ccc(Br)cc1F. The fourth-order valence-electron chi connectivity index (χ4n) is 2.18. The Bertz CT molecular complexity index is 920. The number of para-hydroxylation sites is 1. The second-order valence-electron chi connectivity index (χ2n) is 5.31. The number of anilines is 1. The molecule has 1 heterocycles. The number of carbonyl (C=O) groups is 2. The van der Waals surface area contributed by atoms with E-state index in [-0.39, 0.29) is 11.4 Å². The van der Waals surface area contributed by atoms with Crippen LogP contribution in [-0.4, -0.2) is 18.0 Å². The molecule has 0 spiro atoms. The number of esters is 1. The first-order valence-electron chi connectivity index (χ1n) is 7.39. The van der Waals surface area contributed by atoms with Crippen molar-refractivity contribution in [2.75, 3.05) is 5.32 Å². The van der Waals surface area contributed by atoms with Crippen molar-refractivity contribution in [2.24, 2.45) is 0 Å². The number of benzene rings is 2. The summed E-state index contributed by atoms with van der Waals surface area (Å²) in [4.78, 5) is 24.2. The highest BCUT2D eigenvalue weighted by Crippen LogP contribution is 2.21. The van der Waals surface area contributed by atoms with Crippen LogP contribution < -0.4 is 5.32 Å². The number of furan rings is 1. The summed E-state index contributed by atoms with van der Waals surface area (Å²) in [6, 6.07) is 12.9. The summed E-state index contributed by atoms with van der Waals surface area (Å²) in [6.45, 7) is 1.40. The fourth-order valence-corrected chi connectivity index (χ4v) is 2.51. The third kappa shape index (κ3) is 3.88. The van der Waals surface area contributed by atoms with E-state index in [1.54, 1.807) is 24.3 Å². The van der Waals surface area contributed by atoms with E-state index in [1.165, 1.54) is 25.1 Å². The summed E-state index contributed by atoms with van der Waals surface area (Å²) >= 11 is 3.13. The van der Waals surface area contributed by atoms with Gasteiger partial charge in [0, 0.05) is 9.86 Å². The Morgan fingerprint density at radius 1 is 1.20 bits per heavy atom. The van der Waals surface area contributed by atoms with E-state index >= 15 is 0 Å². The number of ether oxygens (including phenoxy) is 1. The third-order valence-electron chi connectivity index (χ3n) is 3.47. The van der Waals surface area contributed by atoms with Crippen molar-refractivity contribution < 1.29 is 23.1 Å². The average molecular weight is 406 g/mol. The van der Waals surface area contributed by atoms with Gasteiger partial charge in [0.25, 0.3) is 5.91 Å². The minimum atomic E-state index is -1.12. The second kappa shape index (κ2) is 7.06. The van der Waals surface area contributed by atoms with Crippen molar-refractivity contribution in [3.8, 4) is 0 Å². The molecule has 0 aliphatic carbocycles. The lowest BCUT2D eigenvalue weighted by Gasteiger charge is -2.13. The molecule has 0 bridgehead atoms. The number of amides is 1. The zero-order chi connectivity index (χ0) is 18.0. The Morgan fingerprint density at radius 2 is 1.96 bits per heavy atom. The summed E-state index contributed by atoms with van der Waals surface area (Å²) in [7, 11) is 0. The minimum absolute atomic E-state index is 0.000152. The number of fused-ring (bicyclic) bond motifs is 1. The molecule has 0 saturated heterocycles. The first-order valence-corrected chi connectivity index (χ1v) is 8.19. The summed E-state index contributed by atoms with van der Waals surface area (Å²) < 4.78 is 24.8. The van der Waals surface area contributed by atoms with Crippen LogP contribution in [0.4, 0.5) is 10.1 Å². The molecule has 1 amide bonds. The van der Waals surface area contributed by atoms with Crippen molar-refractivity contribution >= 4 is 44.5 Å². The zero-order valence-corrected chi connectivity index (χ0v) is 14.7. The van der Waals surface area contributed by atoms with Gasteiger partial charge in [-0.1, -0.05) is 34.1 Å². The van der Waals surface area contributed by atoms with Crippen LogP contribution in [-0.2, 0) is 9.53 Å². The van der Waals surface area contributed by atoms with Gasteiger partial charge >= 0.3 is 5.97 Å². The Hall–Kier alpha value is -2.67. The van der Waals surface area contributed by atoms with Gasteiger partial charge in [-0.05, 0) is 37.3 Å². The van der Waals surface area contributed by atoms with Crippen LogP contribution in [0.15, 0.2) is 57.4 Å². The van der Waals surface area contributed by atoms with Crippen LogP contribution in [0.2, 0.25) is 0 Å². The number of carbonyl (C=O) groups excluding carboxylic acids is 2. The van der Waals surface area contributed by atoms with Crippen molar-refractivity contribution in [3.63, 3.8) is 0 Å². The summed E-state index contributed by atoms with van der Waals surface area (Å²) in [6.07, 6.45) is -1.12. The number of hydrogen-bond acceptors (Lipinski definition) is 4. The van der Waals surface area contributed by atoms with Crippen LogP contribution in [0, 0.1) is 5.82 Å². The van der Waals surface area contributed by atoms with Gasteiger partial charge in [0.2, 0.25) is 5.76 Å². The van der Waals surface area contributed by atoms with Gasteiger partial charge < -0.3 is 14.5 Å². The maximum Gasteiger partial charge on any atom is 0.375 e. The van der Waals surface area contributed by atoms with Gasteiger partial charge in [0.15, 0.2) is 6.10 Å². The molecule has 3 aromatic rings. The van der Waals surface area contributed by atoms with Crippen molar-refractivity contribution in [1.29, 1.82) is 0 Å². The predicted octanol–water partition coefficient (Wildman–Crippen LogP) is 4.52. The van der Waals surface area contributed by atoms with Crippen LogP contribution >= 0.6 is 15.9 Å². The zero-order valence-electron chi connectivity index (χ0n) is 13.1. The molecule has 0 aliphatic rings. The van der Waals surface area contributed by atoms with Crippen molar-refractivity contribution in [1.82, 2.24) is 0 Å². The molecule has 128 valence electrons. The molecule has 5 nitrogen and oxygen atoms in total. The fraction of sp³-hybridized carbons (Fsp3) is 0.111. The van der Waals surface area contributed by atoms with Crippen LogP contribution in [0.1, 0.15) is 17.5 Å². The molecule has 1 atom stereocenters. The first-order chi connectivity index (χ1) is 11.9. The number of halogens is 2. The van der Waals surface area contributed by atoms with Crippen LogP contribution in [0.5, 0.6) is 0 Å². The van der Waals surface area contributed by atoms with E-state index in [0.29, 0.717) is 10.1 Å². The Morgan fingerprint density at radius 3 is 2.68 bits per heavy atom. The van der Waals surface area contributed by atoms with E-state index in [0.717, 1.165) is 5.39 Å². The quantitative estimate of drug-likeness (QED) is 0.647. The number of nitrogens with one attached hydrogen (secondary N) is 1. The highest BCUT2D eigenvalue weighted by molar-refractivity contribution is 9.10. The van der Waals surface area contributed by atoms with Crippen LogP contribution in [0.3, 0.4) is 0 Å². The predicted molar refractivity (Wildman–Crippen MR) is 93.8 cm³/mol. The second-order valence-corrected chi connectivity index (χ2v) is 6.23. The third-order valence-corrected chi connectivity index (χ3v) is 3.96. The monoisotopic (exact) mass is 405 g/mol. The maximum absolute atomic E-state index is 13.8. The Kier molecular flexibility index (Phi) is 4.85. The summed E-state index contributed by atoms with van der Waals surface area (Å²) in [5.74, 6) is -2.02. The first kappa shape index (κ1) is 17.2. The standard InChI is InChI=1S/C18H13BrFNO4/c1-10(17(22)21-14-7-6-12(19)9-13(14)20)24-18(23)16-8-11-4-2-3-5-15(11)25-16/h2-10H,1H3,(H,21,22)/t10-/m1/s1. The lowest BCUT2D eigenvalue weighted by Crippen LogP contribution is -2.30. The lowest BCUT2D eigenvalue weighted by molar-refractivity contribution is -0.123. The number of hydrogen-bond donors (Lipinski definition) is 1. The van der Waals surface area contributed by atoms with Gasteiger partial charge in [0.1, 0.15) is 11.4 Å². The number of rotatable bonds is 4. The van der Waals surface area contributed by atoms with Crippen molar-refractivity contribution in [2.45, 2.75) is 13.0 Å². The van der Waals surface area contributed by atoms with Gasteiger partial charge in [-0.15, -0.1) is 0 Å². The smallest absolute Gasteiger partial charge is 0.375 e. The van der Waals surface area contributed by atoms with Crippen LogP contribution in [0.25, 0.3) is 11.0 Å². The Labute approximate surface area is 150 Å². The maximum atomic E-state index is 13.8. The Balaban J connectivity index is 1.67. The van der Waals surface area contributed by atoms with E-state index in [2.05, 4.69) is 21.2 Å². The molecule has 2 aromatic carbocycles. The molecule has 7 heteroatoms. The van der Waals surface area contributed by atoms with Gasteiger partial charge in [-0.3, -0.25) is 4.79 Å². The largest absolute Gasteiger partial charge is 0.449 e. The molecular weight excluding hydrogens is 393 g/mol. The molecule has 0 saturated carbocycles. The molecule has 1 N–H and O–H groups in total. The molecule has 0 fully saturated rings. The highest BCUT2D eigenvalue weighted by Gasteiger charge is 2.22. The lowest BCUT2D eigenvalue weighted by atomic mass is 10.2. The summed E-state index contributed by atoms with van der Waals surface area (Å²) in [5, 5.41) is 3.13. The molecule has 3 rings (SSSR count). The highest BCUT2D eigenvalue weighted by atomic mass is 79.9. The molecule has 1 aromatic heterocycles. The van der Waals surface area contributed by atoms with Gasteiger partial charge in [0.05, 0.1) is 5.69 Å². The topological polar surface area (TPSA) is 68.5 Å². The van der Waals surface area contributed by atoms with E-state index in [1.807, 2.05) is 6.07 Å². The van der Waals surface area contributed by atoms with E-state index < -0.39 is 23.8 Å². The average Bonchev–Trinajstić information content (AvgIpc) is 3.01. The molecule has 0 radical (unpaired) electrons. The molecule has 0 aliphatic heterocycles. The molecule has 0 unspecified atom stereocenters. The normalized spacial score (nSPS) is 12.0.